The van der Waals surface area contributed by atoms with Gasteiger partial charge in [-0.2, -0.15) is 9.78 Å². The third-order valence-electron chi connectivity index (χ3n) is 6.49. The molecule has 208 valence electrons. The molecule has 10 nitrogen and oxygen atoms in total. The number of furan rings is 1. The van der Waals surface area contributed by atoms with Gasteiger partial charge in [0.2, 0.25) is 11.6 Å². The van der Waals surface area contributed by atoms with Crippen LogP contribution in [0.1, 0.15) is 11.1 Å². The molecule has 0 spiro atoms. The maximum absolute atomic E-state index is 13.6. The fraction of sp³-hybridized carbons (Fsp3) is 0.0645. The van der Waals surface area contributed by atoms with Crippen molar-refractivity contribution in [3.8, 4) is 23.1 Å². The van der Waals surface area contributed by atoms with Crippen LogP contribution in [0.5, 0.6) is 11.5 Å². The lowest BCUT2D eigenvalue weighted by atomic mass is 10.1. The number of rotatable bonds is 8. The van der Waals surface area contributed by atoms with Crippen molar-refractivity contribution in [1.82, 2.24) is 9.66 Å². The van der Waals surface area contributed by atoms with Crippen molar-refractivity contribution < 1.29 is 18.8 Å². The monoisotopic (exact) mass is 624 g/mol. The summed E-state index contributed by atoms with van der Waals surface area (Å²) < 4.78 is 19.3. The van der Waals surface area contributed by atoms with Crippen molar-refractivity contribution in [2.75, 3.05) is 7.11 Å². The Morgan fingerprint density at radius 1 is 1.05 bits per heavy atom. The van der Waals surface area contributed by atoms with E-state index in [2.05, 4.69) is 26.0 Å². The Labute approximate surface area is 246 Å². The van der Waals surface area contributed by atoms with Gasteiger partial charge < -0.3 is 13.9 Å². The van der Waals surface area contributed by atoms with Gasteiger partial charge in [-0.25, -0.2) is 4.98 Å². The first kappa shape index (κ1) is 26.9. The van der Waals surface area contributed by atoms with Gasteiger partial charge in [0.1, 0.15) is 12.2 Å². The van der Waals surface area contributed by atoms with Crippen molar-refractivity contribution in [1.29, 1.82) is 0 Å². The number of hydrogen-bond donors (Lipinski definition) is 0. The van der Waals surface area contributed by atoms with Crippen LogP contribution in [0, 0.1) is 10.1 Å². The molecule has 0 aliphatic rings. The molecule has 0 radical (unpaired) electrons. The topological polar surface area (TPSA) is 122 Å². The average Bonchev–Trinajstić information content (AvgIpc) is 3.44. The molecule has 0 saturated carbocycles. The maximum Gasteiger partial charge on any atom is 0.315 e. The first-order valence-corrected chi connectivity index (χ1v) is 13.5. The second-order valence-electron chi connectivity index (χ2n) is 9.21. The number of ether oxygens (including phenoxy) is 2. The Morgan fingerprint density at radius 2 is 1.81 bits per heavy atom. The van der Waals surface area contributed by atoms with E-state index in [0.29, 0.717) is 27.8 Å². The quantitative estimate of drug-likeness (QED) is 0.102. The lowest BCUT2D eigenvalue weighted by Gasteiger charge is -2.12. The van der Waals surface area contributed by atoms with E-state index in [1.165, 1.54) is 19.4 Å². The summed E-state index contributed by atoms with van der Waals surface area (Å²) in [6.45, 7) is 0.0942. The van der Waals surface area contributed by atoms with Gasteiger partial charge in [0.25, 0.3) is 5.56 Å². The third-order valence-corrected chi connectivity index (χ3v) is 7.02. The molecule has 6 rings (SSSR count). The Balaban J connectivity index is 1.43. The molecule has 11 heteroatoms. The fourth-order valence-electron chi connectivity index (χ4n) is 4.46. The Morgan fingerprint density at radius 3 is 2.57 bits per heavy atom. The van der Waals surface area contributed by atoms with Gasteiger partial charge in [-0.3, -0.25) is 14.9 Å². The van der Waals surface area contributed by atoms with Crippen molar-refractivity contribution in [2.45, 2.75) is 6.61 Å². The molecule has 6 aromatic rings. The highest BCUT2D eigenvalue weighted by molar-refractivity contribution is 9.10. The van der Waals surface area contributed by atoms with Crippen LogP contribution < -0.4 is 15.0 Å². The highest BCUT2D eigenvalue weighted by Gasteiger charge is 2.23. The van der Waals surface area contributed by atoms with E-state index >= 15 is 0 Å². The summed E-state index contributed by atoms with van der Waals surface area (Å²) in [5.74, 6) is 0.651. The van der Waals surface area contributed by atoms with Crippen molar-refractivity contribution in [3.05, 3.63) is 127 Å². The number of nitrogens with zero attached hydrogens (tertiary/aromatic N) is 4. The molecule has 2 aromatic heterocycles. The summed E-state index contributed by atoms with van der Waals surface area (Å²) in [6, 6.07) is 26.4. The lowest BCUT2D eigenvalue weighted by Crippen LogP contribution is -2.20. The van der Waals surface area contributed by atoms with E-state index in [4.69, 9.17) is 13.9 Å². The molecule has 42 heavy (non-hydrogen) atoms. The molecule has 0 N–H and O–H groups in total. The first-order chi connectivity index (χ1) is 20.4. The largest absolute Gasteiger partial charge is 0.493 e. The summed E-state index contributed by atoms with van der Waals surface area (Å²) in [4.78, 5) is 29.7. The van der Waals surface area contributed by atoms with Crippen LogP contribution in [0.15, 0.2) is 110 Å². The zero-order chi connectivity index (χ0) is 29.2. The van der Waals surface area contributed by atoms with Crippen LogP contribution in [0.2, 0.25) is 0 Å². The van der Waals surface area contributed by atoms with Crippen LogP contribution >= 0.6 is 15.9 Å². The number of halogens is 1. The standard InChI is InChI=1S/C31H21BrN4O6/c1-40-27-15-20(14-25(36(38)39)29(27)41-18-19-10-12-22(32)13-11-19)17-33-35-30(28-16-21-6-2-5-9-26(21)42-28)34-24-8-4-3-7-23(24)31(35)37/h2-17H,18H2,1H3. The number of para-hydroxylation sites is 2. The maximum atomic E-state index is 13.6. The number of aromatic nitrogens is 2. The Kier molecular flexibility index (Phi) is 7.24. The van der Waals surface area contributed by atoms with Gasteiger partial charge in [0, 0.05) is 21.5 Å². The number of benzene rings is 4. The zero-order valence-corrected chi connectivity index (χ0v) is 23.6. The highest BCUT2D eigenvalue weighted by Crippen LogP contribution is 2.38. The normalized spacial score (nSPS) is 11.4. The predicted molar refractivity (Wildman–Crippen MR) is 162 cm³/mol. The van der Waals surface area contributed by atoms with Gasteiger partial charge >= 0.3 is 5.69 Å². The van der Waals surface area contributed by atoms with Crippen molar-refractivity contribution in [2.24, 2.45) is 5.10 Å². The van der Waals surface area contributed by atoms with E-state index in [-0.39, 0.29) is 29.6 Å². The number of fused-ring (bicyclic) bond motifs is 2. The van der Waals surface area contributed by atoms with Crippen LogP contribution in [0.3, 0.4) is 0 Å². The van der Waals surface area contributed by atoms with E-state index in [9.17, 15) is 14.9 Å². The second kappa shape index (κ2) is 11.3. The van der Waals surface area contributed by atoms with Crippen LogP contribution in [-0.4, -0.2) is 27.9 Å². The second-order valence-corrected chi connectivity index (χ2v) is 10.1. The summed E-state index contributed by atoms with van der Waals surface area (Å²) in [5, 5.41) is 17.6. The molecule has 0 fully saturated rings. The van der Waals surface area contributed by atoms with Gasteiger partial charge in [-0.05, 0) is 48.0 Å². The highest BCUT2D eigenvalue weighted by atomic mass is 79.9. The molecule has 0 saturated heterocycles. The van der Waals surface area contributed by atoms with Gasteiger partial charge in [-0.1, -0.05) is 58.4 Å². The summed E-state index contributed by atoms with van der Waals surface area (Å²) in [5.41, 5.74) is 1.50. The molecule has 0 bridgehead atoms. The van der Waals surface area contributed by atoms with Gasteiger partial charge in [-0.15, -0.1) is 0 Å². The zero-order valence-electron chi connectivity index (χ0n) is 22.1. The average molecular weight is 625 g/mol. The summed E-state index contributed by atoms with van der Waals surface area (Å²) >= 11 is 3.38. The lowest BCUT2D eigenvalue weighted by molar-refractivity contribution is -0.386. The minimum Gasteiger partial charge on any atom is -0.493 e. The third kappa shape index (κ3) is 5.25. The van der Waals surface area contributed by atoms with Gasteiger partial charge in [0.15, 0.2) is 11.5 Å². The number of methoxy groups -OCH3 is 1. The van der Waals surface area contributed by atoms with E-state index < -0.39 is 10.5 Å². The van der Waals surface area contributed by atoms with E-state index in [0.717, 1.165) is 20.1 Å². The summed E-state index contributed by atoms with van der Waals surface area (Å²) in [6.07, 6.45) is 1.33. The number of hydrogen-bond acceptors (Lipinski definition) is 8. The predicted octanol–water partition coefficient (Wildman–Crippen LogP) is 6.95. The molecule has 0 unspecified atom stereocenters. The van der Waals surface area contributed by atoms with Crippen LogP contribution in [-0.2, 0) is 6.61 Å². The fourth-order valence-corrected chi connectivity index (χ4v) is 4.72. The SMILES string of the molecule is COc1cc(C=Nn2c(-c3cc4ccccc4o3)nc3ccccc3c2=O)cc([N+](=O)[O-])c1OCc1ccc(Br)cc1. The minimum atomic E-state index is -0.555. The molecular formula is C31H21BrN4O6. The molecule has 0 aliphatic heterocycles. The molecule has 4 aromatic carbocycles. The van der Waals surface area contributed by atoms with E-state index in [1.54, 1.807) is 36.4 Å². The summed E-state index contributed by atoms with van der Waals surface area (Å²) in [7, 11) is 1.39. The molecule has 2 heterocycles. The smallest absolute Gasteiger partial charge is 0.315 e. The van der Waals surface area contributed by atoms with Crippen LogP contribution in [0.4, 0.5) is 5.69 Å². The van der Waals surface area contributed by atoms with Gasteiger partial charge in [0.05, 0.1) is 29.2 Å². The van der Waals surface area contributed by atoms with Crippen molar-refractivity contribution in [3.63, 3.8) is 0 Å². The molecule has 0 atom stereocenters. The van der Waals surface area contributed by atoms with E-state index in [1.807, 2.05) is 48.5 Å². The van der Waals surface area contributed by atoms with Crippen molar-refractivity contribution >= 4 is 49.7 Å². The van der Waals surface area contributed by atoms with Crippen LogP contribution in [0.25, 0.3) is 33.5 Å². The molecule has 0 amide bonds. The molecule has 0 aliphatic carbocycles. The minimum absolute atomic E-state index is 0.0185. The number of nitro benzene ring substituents is 1. The molecular weight excluding hydrogens is 604 g/mol. The Hall–Kier alpha value is -5.29. The Bertz CT molecular complexity index is 2020. The first-order valence-electron chi connectivity index (χ1n) is 12.7. The number of nitro groups is 1.